The van der Waals surface area contributed by atoms with Crippen molar-refractivity contribution >= 4 is 21.6 Å². The Hall–Kier alpha value is 0.220. The molecule has 3 atom stereocenters. The lowest BCUT2D eigenvalue weighted by atomic mass is 9.78. The van der Waals surface area contributed by atoms with E-state index in [1.54, 1.807) is 11.8 Å². The van der Waals surface area contributed by atoms with Crippen molar-refractivity contribution in [2.75, 3.05) is 30.9 Å². The predicted molar refractivity (Wildman–Crippen MR) is 82.3 cm³/mol. The first-order chi connectivity index (χ1) is 8.89. The molecule has 1 saturated heterocycles. The van der Waals surface area contributed by atoms with Gasteiger partial charge in [0, 0.05) is 36.4 Å². The van der Waals surface area contributed by atoms with Gasteiger partial charge in [-0.2, -0.15) is 11.8 Å². The summed E-state index contributed by atoms with van der Waals surface area (Å²) in [5.74, 6) is 2.42. The van der Waals surface area contributed by atoms with Crippen LogP contribution >= 0.6 is 11.8 Å². The van der Waals surface area contributed by atoms with Crippen LogP contribution in [0.4, 0.5) is 0 Å². The average molecular weight is 306 g/mol. The van der Waals surface area contributed by atoms with E-state index in [0.717, 1.165) is 31.0 Å². The summed E-state index contributed by atoms with van der Waals surface area (Å²) in [6.07, 6.45) is 3.77. The summed E-state index contributed by atoms with van der Waals surface area (Å²) >= 11 is 1.77. The van der Waals surface area contributed by atoms with Gasteiger partial charge in [0.1, 0.15) is 5.37 Å². The third kappa shape index (κ3) is 3.86. The van der Waals surface area contributed by atoms with Gasteiger partial charge in [0.05, 0.1) is 0 Å². The monoisotopic (exact) mass is 306 g/mol. The predicted octanol–water partition coefficient (Wildman–Crippen LogP) is 1.18. The summed E-state index contributed by atoms with van der Waals surface area (Å²) in [5, 5.41) is 3.22. The Bertz CT molecular complexity index is 397. The smallest absolute Gasteiger partial charge is 0.164 e. The maximum atomic E-state index is 11.9. The van der Waals surface area contributed by atoms with Crippen molar-refractivity contribution in [3.05, 3.63) is 0 Å². The third-order valence-corrected chi connectivity index (χ3v) is 6.87. The van der Waals surface area contributed by atoms with Crippen molar-refractivity contribution in [2.24, 2.45) is 5.92 Å². The largest absolute Gasteiger partial charge is 0.314 e. The van der Waals surface area contributed by atoms with Gasteiger partial charge in [-0.05, 0) is 25.3 Å². The van der Waals surface area contributed by atoms with Crippen LogP contribution in [0.25, 0.3) is 0 Å². The van der Waals surface area contributed by atoms with Crippen molar-refractivity contribution < 1.29 is 8.42 Å². The molecule has 6 heteroatoms. The van der Waals surface area contributed by atoms with Crippen LogP contribution in [0.3, 0.4) is 0 Å². The molecule has 4 nitrogen and oxygen atoms in total. The second-order valence-electron chi connectivity index (χ2n) is 6.06. The Balaban J connectivity index is 1.98. The van der Waals surface area contributed by atoms with Gasteiger partial charge in [-0.25, -0.2) is 8.42 Å². The van der Waals surface area contributed by atoms with E-state index in [1.807, 2.05) is 0 Å². The molecule has 0 aromatic heterocycles. The third-order valence-electron chi connectivity index (χ3n) is 4.21. The molecule has 0 bridgehead atoms. The number of hydrogen-bond donors (Lipinski definition) is 1. The number of thioether (sulfide) groups is 1. The molecular formula is C13H26N2O2S2. The topological polar surface area (TPSA) is 49.4 Å². The van der Waals surface area contributed by atoms with Gasteiger partial charge >= 0.3 is 0 Å². The first-order valence-corrected chi connectivity index (χ1v) is 10.3. The summed E-state index contributed by atoms with van der Waals surface area (Å²) in [5.41, 5.74) is 0. The molecule has 1 saturated carbocycles. The van der Waals surface area contributed by atoms with Crippen LogP contribution in [-0.2, 0) is 9.84 Å². The number of nitrogens with zero attached hydrogens (tertiary/aromatic N) is 1. The van der Waals surface area contributed by atoms with Crippen LogP contribution in [0.5, 0.6) is 0 Å². The van der Waals surface area contributed by atoms with E-state index in [0.29, 0.717) is 18.0 Å². The maximum Gasteiger partial charge on any atom is 0.164 e. The fourth-order valence-electron chi connectivity index (χ4n) is 2.96. The summed E-state index contributed by atoms with van der Waals surface area (Å²) in [6.45, 7) is 6.25. The Morgan fingerprint density at radius 2 is 2.11 bits per heavy atom. The first-order valence-electron chi connectivity index (χ1n) is 7.15. The van der Waals surface area contributed by atoms with Crippen LogP contribution in [0, 0.1) is 5.92 Å². The Labute approximate surface area is 121 Å². The van der Waals surface area contributed by atoms with Gasteiger partial charge in [-0.1, -0.05) is 13.8 Å². The molecular weight excluding hydrogens is 280 g/mol. The Kier molecular flexibility index (Phi) is 5.20. The van der Waals surface area contributed by atoms with Crippen molar-refractivity contribution in [2.45, 2.75) is 44.1 Å². The highest BCUT2D eigenvalue weighted by atomic mass is 32.2. The van der Waals surface area contributed by atoms with Crippen molar-refractivity contribution in [3.63, 3.8) is 0 Å². The van der Waals surface area contributed by atoms with Crippen molar-refractivity contribution in [1.82, 2.24) is 10.2 Å². The van der Waals surface area contributed by atoms with Crippen LogP contribution in [0.15, 0.2) is 0 Å². The number of nitrogens with one attached hydrogen (secondary N) is 1. The molecule has 3 unspecified atom stereocenters. The SMILES string of the molecule is CC(C)NCC1CCC1N1CCSCC1S(C)(=O)=O. The molecule has 1 heterocycles. The molecule has 0 amide bonds. The van der Waals surface area contributed by atoms with Crippen molar-refractivity contribution in [1.29, 1.82) is 0 Å². The van der Waals surface area contributed by atoms with Crippen LogP contribution in [0.2, 0.25) is 0 Å². The molecule has 0 spiro atoms. The second kappa shape index (κ2) is 6.33. The first kappa shape index (κ1) is 15.6. The maximum absolute atomic E-state index is 11.9. The molecule has 2 rings (SSSR count). The highest BCUT2D eigenvalue weighted by Gasteiger charge is 2.42. The minimum Gasteiger partial charge on any atom is -0.314 e. The van der Waals surface area contributed by atoms with E-state index in [9.17, 15) is 8.42 Å². The van der Waals surface area contributed by atoms with Crippen molar-refractivity contribution in [3.8, 4) is 0 Å². The molecule has 1 N–H and O–H groups in total. The highest BCUT2D eigenvalue weighted by Crippen LogP contribution is 2.36. The van der Waals surface area contributed by atoms with E-state index in [4.69, 9.17) is 0 Å². The van der Waals surface area contributed by atoms with E-state index in [2.05, 4.69) is 24.1 Å². The number of sulfone groups is 1. The zero-order valence-electron chi connectivity index (χ0n) is 12.1. The molecule has 112 valence electrons. The fourth-order valence-corrected chi connectivity index (χ4v) is 5.89. The van der Waals surface area contributed by atoms with Crippen LogP contribution in [-0.4, -0.2) is 61.6 Å². The van der Waals surface area contributed by atoms with E-state index in [1.165, 1.54) is 12.7 Å². The zero-order chi connectivity index (χ0) is 14.0. The van der Waals surface area contributed by atoms with Gasteiger partial charge in [0.15, 0.2) is 9.84 Å². The van der Waals surface area contributed by atoms with E-state index in [-0.39, 0.29) is 5.37 Å². The second-order valence-corrected chi connectivity index (χ2v) is 9.42. The standard InChI is InChI=1S/C13H26N2O2S2/c1-10(2)14-8-11-4-5-12(11)15-6-7-18-9-13(15)19(3,16)17/h10-14H,4-9H2,1-3H3. The lowest BCUT2D eigenvalue weighted by molar-refractivity contribution is 0.0576. The normalized spacial score (nSPS) is 33.4. The number of hydrogen-bond acceptors (Lipinski definition) is 5. The summed E-state index contributed by atoms with van der Waals surface area (Å²) in [6, 6.07) is 0.968. The summed E-state index contributed by atoms with van der Waals surface area (Å²) in [4.78, 5) is 2.27. The number of rotatable bonds is 5. The minimum absolute atomic E-state index is 0.266. The van der Waals surface area contributed by atoms with E-state index >= 15 is 0 Å². The quantitative estimate of drug-likeness (QED) is 0.827. The lowest BCUT2D eigenvalue weighted by Crippen LogP contribution is -2.59. The Morgan fingerprint density at radius 3 is 2.63 bits per heavy atom. The summed E-state index contributed by atoms with van der Waals surface area (Å²) in [7, 11) is -2.97. The van der Waals surface area contributed by atoms with Crippen LogP contribution in [0.1, 0.15) is 26.7 Å². The average Bonchev–Trinajstić information content (AvgIpc) is 2.26. The van der Waals surface area contributed by atoms with Gasteiger partial charge < -0.3 is 5.32 Å². The molecule has 2 fully saturated rings. The Morgan fingerprint density at radius 1 is 1.37 bits per heavy atom. The molecule has 0 aromatic carbocycles. The molecule has 0 aromatic rings. The molecule has 1 aliphatic heterocycles. The molecule has 2 aliphatic rings. The van der Waals surface area contributed by atoms with Gasteiger partial charge in [-0.15, -0.1) is 0 Å². The van der Waals surface area contributed by atoms with Gasteiger partial charge in [0.25, 0.3) is 0 Å². The minimum atomic E-state index is -2.97. The lowest BCUT2D eigenvalue weighted by Gasteiger charge is -2.49. The van der Waals surface area contributed by atoms with E-state index < -0.39 is 9.84 Å². The molecule has 19 heavy (non-hydrogen) atoms. The highest BCUT2D eigenvalue weighted by molar-refractivity contribution is 8.00. The fraction of sp³-hybridized carbons (Fsp3) is 1.00. The zero-order valence-corrected chi connectivity index (χ0v) is 13.8. The van der Waals surface area contributed by atoms with Gasteiger partial charge in [0.2, 0.25) is 0 Å². The molecule has 1 aliphatic carbocycles. The molecule has 0 radical (unpaired) electrons. The van der Waals surface area contributed by atoms with Crippen LogP contribution < -0.4 is 5.32 Å². The van der Waals surface area contributed by atoms with Gasteiger partial charge in [-0.3, -0.25) is 4.90 Å². The summed E-state index contributed by atoms with van der Waals surface area (Å²) < 4.78 is 23.9.